The summed E-state index contributed by atoms with van der Waals surface area (Å²) in [5.41, 5.74) is 2.86. The lowest BCUT2D eigenvalue weighted by Crippen LogP contribution is -1.94. The highest BCUT2D eigenvalue weighted by Crippen LogP contribution is 2.23. The minimum atomic E-state index is 0.709. The van der Waals surface area contributed by atoms with E-state index in [0.29, 0.717) is 5.92 Å². The second-order valence-electron chi connectivity index (χ2n) is 5.33. The number of hydrogen-bond acceptors (Lipinski definition) is 0. The third kappa shape index (κ3) is 6.04. The van der Waals surface area contributed by atoms with Crippen LogP contribution in [0.25, 0.3) is 0 Å². The summed E-state index contributed by atoms with van der Waals surface area (Å²) in [6, 6.07) is 9.06. The summed E-state index contributed by atoms with van der Waals surface area (Å²) in [4.78, 5) is 0. The Labute approximate surface area is 121 Å². The first-order valence-corrected chi connectivity index (χ1v) is 8.55. The first-order valence-electron chi connectivity index (χ1n) is 7.42. The molecule has 0 aliphatic heterocycles. The molecule has 0 fully saturated rings. The van der Waals surface area contributed by atoms with Crippen LogP contribution < -0.4 is 0 Å². The van der Waals surface area contributed by atoms with Crippen molar-refractivity contribution in [3.63, 3.8) is 0 Å². The molecule has 0 N–H and O–H groups in total. The Hall–Kier alpha value is -0.300. The van der Waals surface area contributed by atoms with E-state index in [0.717, 1.165) is 5.33 Å². The number of rotatable bonds is 9. The van der Waals surface area contributed by atoms with Crippen LogP contribution in [0.1, 0.15) is 75.8 Å². The Morgan fingerprint density at radius 3 is 2.17 bits per heavy atom. The maximum absolute atomic E-state index is 3.49. The van der Waals surface area contributed by atoms with Gasteiger partial charge in [-0.25, -0.2) is 0 Å². The van der Waals surface area contributed by atoms with Gasteiger partial charge in [-0.3, -0.25) is 0 Å². The van der Waals surface area contributed by atoms with Crippen LogP contribution in [0.4, 0.5) is 0 Å². The summed E-state index contributed by atoms with van der Waals surface area (Å²) in [6.45, 7) is 4.63. The van der Waals surface area contributed by atoms with Crippen molar-refractivity contribution in [2.75, 3.05) is 0 Å². The largest absolute Gasteiger partial charge is 0.0876 e. The van der Waals surface area contributed by atoms with Crippen LogP contribution in [0.5, 0.6) is 0 Å². The number of unbranched alkanes of at least 4 members (excludes halogenated alkanes) is 5. The van der Waals surface area contributed by atoms with Crippen molar-refractivity contribution in [2.45, 2.75) is 70.0 Å². The Morgan fingerprint density at radius 2 is 1.56 bits per heavy atom. The fourth-order valence-electron chi connectivity index (χ4n) is 2.33. The molecule has 0 nitrogen and oxygen atoms in total. The molecule has 0 aliphatic rings. The lowest BCUT2D eigenvalue weighted by Gasteiger charge is -2.12. The molecule has 0 saturated carbocycles. The fraction of sp³-hybridized carbons (Fsp3) is 0.647. The van der Waals surface area contributed by atoms with Crippen molar-refractivity contribution in [1.29, 1.82) is 0 Å². The van der Waals surface area contributed by atoms with Gasteiger partial charge >= 0.3 is 0 Å². The van der Waals surface area contributed by atoms with Gasteiger partial charge in [-0.15, -0.1) is 0 Å². The molecule has 0 radical (unpaired) electrons. The van der Waals surface area contributed by atoms with Crippen LogP contribution in [-0.4, -0.2) is 0 Å². The third-order valence-electron chi connectivity index (χ3n) is 3.69. The van der Waals surface area contributed by atoms with Gasteiger partial charge in [-0.1, -0.05) is 92.6 Å². The van der Waals surface area contributed by atoms with Crippen LogP contribution in [0.2, 0.25) is 0 Å². The molecule has 0 saturated heterocycles. The van der Waals surface area contributed by atoms with Gasteiger partial charge in [0.25, 0.3) is 0 Å². The molecule has 1 aromatic rings. The Morgan fingerprint density at radius 1 is 0.944 bits per heavy atom. The van der Waals surface area contributed by atoms with E-state index in [9.17, 15) is 0 Å². The zero-order chi connectivity index (χ0) is 13.2. The van der Waals surface area contributed by atoms with E-state index < -0.39 is 0 Å². The summed E-state index contributed by atoms with van der Waals surface area (Å²) in [6.07, 6.45) is 9.71. The molecule has 18 heavy (non-hydrogen) atoms. The first kappa shape index (κ1) is 15.8. The van der Waals surface area contributed by atoms with E-state index in [-0.39, 0.29) is 0 Å². The third-order valence-corrected chi connectivity index (χ3v) is 4.34. The molecule has 1 rings (SSSR count). The van der Waals surface area contributed by atoms with Gasteiger partial charge in [0.15, 0.2) is 0 Å². The first-order chi connectivity index (χ1) is 8.77. The topological polar surface area (TPSA) is 0 Å². The highest BCUT2D eigenvalue weighted by Gasteiger charge is 2.04. The minimum Gasteiger partial charge on any atom is -0.0876 e. The maximum Gasteiger partial charge on any atom is 0.0283 e. The standard InChI is InChI=1S/C17H27Br/c1-3-4-5-6-7-8-9-15(2)17-12-10-16(14-18)11-13-17/h10-13,15H,3-9,14H2,1-2H3. The molecule has 0 spiro atoms. The quantitative estimate of drug-likeness (QED) is 0.364. The molecule has 1 unspecified atom stereocenters. The SMILES string of the molecule is CCCCCCCCC(C)c1ccc(CBr)cc1. The van der Waals surface area contributed by atoms with Crippen molar-refractivity contribution >= 4 is 15.9 Å². The molecule has 0 aromatic heterocycles. The summed E-state index contributed by atoms with van der Waals surface area (Å²) < 4.78 is 0. The van der Waals surface area contributed by atoms with Crippen molar-refractivity contribution in [2.24, 2.45) is 0 Å². The molecule has 1 atom stereocenters. The molecule has 0 amide bonds. The van der Waals surface area contributed by atoms with E-state index in [1.165, 1.54) is 56.1 Å². The molecule has 0 bridgehead atoms. The van der Waals surface area contributed by atoms with Crippen molar-refractivity contribution < 1.29 is 0 Å². The fourth-order valence-corrected chi connectivity index (χ4v) is 2.71. The van der Waals surface area contributed by atoms with Gasteiger partial charge in [-0.05, 0) is 23.5 Å². The van der Waals surface area contributed by atoms with Gasteiger partial charge in [0.05, 0.1) is 0 Å². The number of benzene rings is 1. The van der Waals surface area contributed by atoms with Gasteiger partial charge in [0.2, 0.25) is 0 Å². The van der Waals surface area contributed by atoms with Crippen LogP contribution >= 0.6 is 15.9 Å². The molecule has 0 heterocycles. The number of alkyl halides is 1. The van der Waals surface area contributed by atoms with Gasteiger partial charge < -0.3 is 0 Å². The second-order valence-corrected chi connectivity index (χ2v) is 5.89. The Kier molecular flexibility index (Phi) is 8.41. The molecule has 0 aliphatic carbocycles. The average Bonchev–Trinajstić information content (AvgIpc) is 2.42. The normalized spacial score (nSPS) is 12.6. The highest BCUT2D eigenvalue weighted by molar-refractivity contribution is 9.08. The summed E-state index contributed by atoms with van der Waals surface area (Å²) >= 11 is 3.49. The smallest absolute Gasteiger partial charge is 0.0283 e. The van der Waals surface area contributed by atoms with Crippen LogP contribution in [0.3, 0.4) is 0 Å². The van der Waals surface area contributed by atoms with E-state index in [2.05, 4.69) is 54.0 Å². The lowest BCUT2D eigenvalue weighted by molar-refractivity contribution is 0.557. The maximum atomic E-state index is 3.49. The van der Waals surface area contributed by atoms with E-state index >= 15 is 0 Å². The van der Waals surface area contributed by atoms with Crippen molar-refractivity contribution in [3.8, 4) is 0 Å². The zero-order valence-corrected chi connectivity index (χ0v) is 13.5. The predicted molar refractivity (Wildman–Crippen MR) is 85.5 cm³/mol. The molecular formula is C17H27Br. The second kappa shape index (κ2) is 9.61. The summed E-state index contributed by atoms with van der Waals surface area (Å²) in [5, 5.41) is 0.957. The van der Waals surface area contributed by atoms with Crippen molar-refractivity contribution in [3.05, 3.63) is 35.4 Å². The Balaban J connectivity index is 2.21. The Bertz CT molecular complexity index is 302. The zero-order valence-electron chi connectivity index (χ0n) is 11.9. The molecule has 102 valence electrons. The van der Waals surface area contributed by atoms with Crippen LogP contribution in [-0.2, 0) is 5.33 Å². The van der Waals surface area contributed by atoms with Gasteiger partial charge in [-0.2, -0.15) is 0 Å². The number of halogens is 1. The summed E-state index contributed by atoms with van der Waals surface area (Å²) in [5.74, 6) is 0.709. The molecule has 1 heteroatoms. The monoisotopic (exact) mass is 310 g/mol. The van der Waals surface area contributed by atoms with Crippen LogP contribution in [0.15, 0.2) is 24.3 Å². The highest BCUT2D eigenvalue weighted by atomic mass is 79.9. The van der Waals surface area contributed by atoms with Crippen LogP contribution in [0, 0.1) is 0 Å². The van der Waals surface area contributed by atoms with E-state index in [1.54, 1.807) is 0 Å². The summed E-state index contributed by atoms with van der Waals surface area (Å²) in [7, 11) is 0. The minimum absolute atomic E-state index is 0.709. The van der Waals surface area contributed by atoms with Crippen molar-refractivity contribution in [1.82, 2.24) is 0 Å². The molecule has 1 aromatic carbocycles. The predicted octanol–water partition coefficient (Wildman–Crippen LogP) is 6.44. The lowest BCUT2D eigenvalue weighted by atomic mass is 9.94. The van der Waals surface area contributed by atoms with E-state index in [4.69, 9.17) is 0 Å². The molecular weight excluding hydrogens is 284 g/mol. The van der Waals surface area contributed by atoms with Gasteiger partial charge in [0.1, 0.15) is 0 Å². The number of hydrogen-bond donors (Lipinski definition) is 0. The van der Waals surface area contributed by atoms with Gasteiger partial charge in [0, 0.05) is 5.33 Å². The van der Waals surface area contributed by atoms with E-state index in [1.807, 2.05) is 0 Å². The average molecular weight is 311 g/mol.